The van der Waals surface area contributed by atoms with Gasteiger partial charge in [0.1, 0.15) is 0 Å². The minimum absolute atomic E-state index is 0.138. The van der Waals surface area contributed by atoms with E-state index in [1.165, 1.54) is 17.7 Å². The monoisotopic (exact) mass is 263 g/mol. The maximum absolute atomic E-state index is 6.23. The second kappa shape index (κ2) is 8.18. The summed E-state index contributed by atoms with van der Waals surface area (Å²) in [7, 11) is 4.24. The number of benzene rings is 1. The molecule has 0 fully saturated rings. The van der Waals surface area contributed by atoms with Crippen molar-refractivity contribution in [3.63, 3.8) is 0 Å². The van der Waals surface area contributed by atoms with Gasteiger partial charge in [0.2, 0.25) is 0 Å². The molecule has 108 valence electrons. The summed E-state index contributed by atoms with van der Waals surface area (Å²) in [5, 5.41) is 0. The Bertz CT molecular complexity index is 363. The van der Waals surface area contributed by atoms with Crippen molar-refractivity contribution in [3.8, 4) is 0 Å². The molecule has 0 saturated carbocycles. The van der Waals surface area contributed by atoms with Crippen molar-refractivity contribution in [2.45, 2.75) is 32.7 Å². The summed E-state index contributed by atoms with van der Waals surface area (Å²) in [5.74, 6) is 0. The van der Waals surface area contributed by atoms with Gasteiger partial charge in [-0.25, -0.2) is 0 Å². The Kier molecular flexibility index (Phi) is 6.89. The maximum atomic E-state index is 6.23. The van der Waals surface area contributed by atoms with Crippen LogP contribution in [0.2, 0.25) is 0 Å². The van der Waals surface area contributed by atoms with Crippen LogP contribution in [0.1, 0.15) is 38.3 Å². The molecule has 0 bridgehead atoms. The molecule has 1 aromatic carbocycles. The highest BCUT2D eigenvalue weighted by Gasteiger charge is 2.13. The minimum atomic E-state index is 0.138. The number of anilines is 1. The lowest BCUT2D eigenvalue weighted by Crippen LogP contribution is -2.28. The molecule has 0 aliphatic carbocycles. The Labute approximate surface area is 118 Å². The first kappa shape index (κ1) is 16.0. The van der Waals surface area contributed by atoms with E-state index in [1.807, 2.05) is 0 Å². The second-order valence-corrected chi connectivity index (χ2v) is 5.31. The molecule has 0 saturated heterocycles. The summed E-state index contributed by atoms with van der Waals surface area (Å²) in [6.07, 6.45) is 2.16. The second-order valence-electron chi connectivity index (χ2n) is 5.31. The van der Waals surface area contributed by atoms with Crippen LogP contribution in [0.5, 0.6) is 0 Å². The van der Waals surface area contributed by atoms with Gasteiger partial charge in [-0.15, -0.1) is 0 Å². The third-order valence-corrected chi connectivity index (χ3v) is 3.53. The molecule has 0 spiro atoms. The lowest BCUT2D eigenvalue weighted by Gasteiger charge is -2.28. The van der Waals surface area contributed by atoms with Crippen molar-refractivity contribution >= 4 is 5.69 Å². The van der Waals surface area contributed by atoms with Gasteiger partial charge in [-0.05, 0) is 52.0 Å². The summed E-state index contributed by atoms with van der Waals surface area (Å²) >= 11 is 0. The van der Waals surface area contributed by atoms with E-state index < -0.39 is 0 Å². The summed E-state index contributed by atoms with van der Waals surface area (Å²) in [4.78, 5) is 4.67. The number of hydrogen-bond donors (Lipinski definition) is 1. The molecule has 1 atom stereocenters. The number of hydrogen-bond acceptors (Lipinski definition) is 3. The first-order valence-electron chi connectivity index (χ1n) is 7.34. The van der Waals surface area contributed by atoms with E-state index in [-0.39, 0.29) is 6.04 Å². The predicted molar refractivity (Wildman–Crippen MR) is 84.7 cm³/mol. The topological polar surface area (TPSA) is 32.5 Å². The molecule has 0 aliphatic rings. The first-order valence-corrected chi connectivity index (χ1v) is 7.34. The number of nitrogens with zero attached hydrogens (tertiary/aromatic N) is 2. The number of para-hydroxylation sites is 1. The Morgan fingerprint density at radius 1 is 1.11 bits per heavy atom. The van der Waals surface area contributed by atoms with Crippen LogP contribution < -0.4 is 10.6 Å². The van der Waals surface area contributed by atoms with Crippen LogP contribution >= 0.6 is 0 Å². The zero-order valence-corrected chi connectivity index (χ0v) is 12.9. The van der Waals surface area contributed by atoms with Gasteiger partial charge in [-0.1, -0.05) is 25.1 Å². The fraction of sp³-hybridized carbons (Fsp3) is 0.625. The van der Waals surface area contributed by atoms with E-state index in [4.69, 9.17) is 5.73 Å². The summed E-state index contributed by atoms with van der Waals surface area (Å²) in [6, 6.07) is 8.69. The van der Waals surface area contributed by atoms with Gasteiger partial charge in [-0.2, -0.15) is 0 Å². The van der Waals surface area contributed by atoms with Crippen molar-refractivity contribution in [1.82, 2.24) is 4.90 Å². The van der Waals surface area contributed by atoms with Gasteiger partial charge in [0.25, 0.3) is 0 Å². The summed E-state index contributed by atoms with van der Waals surface area (Å²) in [5.41, 5.74) is 8.81. The van der Waals surface area contributed by atoms with Crippen molar-refractivity contribution in [2.24, 2.45) is 5.73 Å². The van der Waals surface area contributed by atoms with Crippen molar-refractivity contribution < 1.29 is 0 Å². The first-order chi connectivity index (χ1) is 9.10. The van der Waals surface area contributed by atoms with Crippen LogP contribution in [0.15, 0.2) is 24.3 Å². The molecule has 2 N–H and O–H groups in total. The number of nitrogens with two attached hydrogens (primary N) is 1. The van der Waals surface area contributed by atoms with E-state index in [9.17, 15) is 0 Å². The van der Waals surface area contributed by atoms with Crippen molar-refractivity contribution in [2.75, 3.05) is 38.6 Å². The van der Waals surface area contributed by atoms with Crippen LogP contribution in [-0.2, 0) is 0 Å². The molecule has 19 heavy (non-hydrogen) atoms. The molecule has 1 rings (SSSR count). The van der Waals surface area contributed by atoms with Gasteiger partial charge < -0.3 is 15.5 Å². The molecular formula is C16H29N3. The Morgan fingerprint density at radius 2 is 1.79 bits per heavy atom. The highest BCUT2D eigenvalue weighted by Crippen LogP contribution is 2.26. The smallest absolute Gasteiger partial charge is 0.0414 e. The molecule has 0 heterocycles. The van der Waals surface area contributed by atoms with Gasteiger partial charge in [0.05, 0.1) is 0 Å². The quantitative estimate of drug-likeness (QED) is 0.783. The van der Waals surface area contributed by atoms with Gasteiger partial charge in [-0.3, -0.25) is 0 Å². The molecule has 3 heteroatoms. The van der Waals surface area contributed by atoms with Crippen LogP contribution in [0.4, 0.5) is 5.69 Å². The molecule has 0 radical (unpaired) electrons. The summed E-state index contributed by atoms with van der Waals surface area (Å²) in [6.45, 7) is 7.59. The number of rotatable bonds is 8. The minimum Gasteiger partial charge on any atom is -0.371 e. The Hall–Kier alpha value is -1.06. The normalized spacial score (nSPS) is 12.7. The molecule has 0 aliphatic heterocycles. The Balaban J connectivity index is 2.79. The van der Waals surface area contributed by atoms with E-state index in [0.29, 0.717) is 0 Å². The van der Waals surface area contributed by atoms with Crippen LogP contribution in [0.25, 0.3) is 0 Å². The molecule has 1 aromatic rings. The van der Waals surface area contributed by atoms with E-state index in [1.54, 1.807) is 0 Å². The average Bonchev–Trinajstić information content (AvgIpc) is 2.42. The average molecular weight is 263 g/mol. The predicted octanol–water partition coefficient (Wildman–Crippen LogP) is 2.87. The fourth-order valence-corrected chi connectivity index (χ4v) is 2.34. The third kappa shape index (κ3) is 4.84. The highest BCUT2D eigenvalue weighted by atomic mass is 15.1. The largest absolute Gasteiger partial charge is 0.371 e. The van der Waals surface area contributed by atoms with Crippen molar-refractivity contribution in [3.05, 3.63) is 29.8 Å². The van der Waals surface area contributed by atoms with E-state index >= 15 is 0 Å². The zero-order chi connectivity index (χ0) is 14.3. The van der Waals surface area contributed by atoms with E-state index in [2.05, 4.69) is 62.0 Å². The van der Waals surface area contributed by atoms with Crippen LogP contribution in [-0.4, -0.2) is 38.6 Å². The standard InChI is InChI=1S/C16H29N3/c1-5-15(17)14-10-7-8-11-16(14)19(6-2)13-9-12-18(3)4/h7-8,10-11,15H,5-6,9,12-13,17H2,1-4H3/t15-/m1/s1. The fourth-order valence-electron chi connectivity index (χ4n) is 2.34. The zero-order valence-electron chi connectivity index (χ0n) is 12.9. The highest BCUT2D eigenvalue weighted by molar-refractivity contribution is 5.54. The van der Waals surface area contributed by atoms with Crippen molar-refractivity contribution in [1.29, 1.82) is 0 Å². The lowest BCUT2D eigenvalue weighted by molar-refractivity contribution is 0.400. The van der Waals surface area contributed by atoms with Gasteiger partial charge >= 0.3 is 0 Å². The molecule has 3 nitrogen and oxygen atoms in total. The molecule has 0 aromatic heterocycles. The van der Waals surface area contributed by atoms with Gasteiger partial charge in [0.15, 0.2) is 0 Å². The lowest BCUT2D eigenvalue weighted by atomic mass is 10.0. The maximum Gasteiger partial charge on any atom is 0.0414 e. The molecule has 0 amide bonds. The summed E-state index contributed by atoms with van der Waals surface area (Å²) < 4.78 is 0. The SMILES string of the molecule is CC[C@@H](N)c1ccccc1N(CC)CCCN(C)C. The Morgan fingerprint density at radius 3 is 2.37 bits per heavy atom. The van der Waals surface area contributed by atoms with Crippen LogP contribution in [0, 0.1) is 0 Å². The molecule has 0 unspecified atom stereocenters. The van der Waals surface area contributed by atoms with Crippen LogP contribution in [0.3, 0.4) is 0 Å². The molecular weight excluding hydrogens is 234 g/mol. The third-order valence-electron chi connectivity index (χ3n) is 3.53. The van der Waals surface area contributed by atoms with Gasteiger partial charge in [0, 0.05) is 24.8 Å². The van der Waals surface area contributed by atoms with E-state index in [0.717, 1.165) is 26.1 Å².